The molecule has 7 heavy (non-hydrogen) atoms. The molecule has 0 spiro atoms. The van der Waals surface area contributed by atoms with Crippen LogP contribution in [0.4, 0.5) is 0 Å². The Labute approximate surface area is 54.2 Å². The largest absolute Gasteiger partial charge is 2.00 e. The van der Waals surface area contributed by atoms with E-state index in [0.717, 1.165) is 0 Å². The molecule has 0 aromatic carbocycles. The normalized spacial score (nSPS) is 3.86. The first-order valence-electron chi connectivity index (χ1n) is 0.730. The van der Waals surface area contributed by atoms with Crippen LogP contribution in [0, 0.1) is 0 Å². The summed E-state index contributed by atoms with van der Waals surface area (Å²) < 4.78 is 0. The summed E-state index contributed by atoms with van der Waals surface area (Å²) in [5, 5.41) is 24.0. The number of hydrogen-bond acceptors (Lipinski definition) is 4. The van der Waals surface area contributed by atoms with Crippen LogP contribution in [0.3, 0.4) is 0 Å². The van der Waals surface area contributed by atoms with Gasteiger partial charge in [0, 0.05) is 0 Å². The van der Waals surface area contributed by atoms with Gasteiger partial charge >= 0.3 is 19.5 Å². The van der Waals surface area contributed by atoms with Crippen molar-refractivity contribution in [2.45, 2.75) is 0 Å². The standard InChI is InChI=1S/BHO3.H3N.H2O.Zn/c2-1(3)4;;;/h2H;1H3;1H2;/q-2;;;+2. The molecule has 0 aliphatic heterocycles. The second-order valence-electron chi connectivity index (χ2n) is 0.307. The van der Waals surface area contributed by atoms with Crippen LogP contribution in [0.15, 0.2) is 0 Å². The van der Waals surface area contributed by atoms with E-state index < -0.39 is 7.32 Å². The van der Waals surface area contributed by atoms with Crippen LogP contribution in [0.1, 0.15) is 0 Å². The maximum atomic E-state index is 8.53. The molecule has 40 valence electrons. The Bertz CT molecular complexity index is 16.4. The van der Waals surface area contributed by atoms with E-state index in [1.54, 1.807) is 0 Å². The fourth-order valence-electron chi connectivity index (χ4n) is 0. The number of hydrogen-bond donors (Lipinski definition) is 2. The fraction of sp³-hybridized carbons (Fsp3) is 0. The summed E-state index contributed by atoms with van der Waals surface area (Å²) in [7, 11) is -2.67. The van der Waals surface area contributed by atoms with Gasteiger partial charge in [0.25, 0.3) is 0 Å². The quantitative estimate of drug-likeness (QED) is 0.363. The Morgan fingerprint density at radius 3 is 1.29 bits per heavy atom. The van der Waals surface area contributed by atoms with Gasteiger partial charge in [-0.15, -0.1) is 0 Å². The Morgan fingerprint density at radius 1 is 1.29 bits per heavy atom. The smallest absolute Gasteiger partial charge is 0.871 e. The first-order valence-corrected chi connectivity index (χ1v) is 0.730. The van der Waals surface area contributed by atoms with Crippen molar-refractivity contribution in [3.8, 4) is 0 Å². The third-order valence-corrected chi connectivity index (χ3v) is 0. The van der Waals surface area contributed by atoms with Crippen LogP contribution < -0.4 is 16.2 Å². The van der Waals surface area contributed by atoms with Gasteiger partial charge in [-0.1, -0.05) is 0 Å². The van der Waals surface area contributed by atoms with E-state index in [2.05, 4.69) is 0 Å². The van der Waals surface area contributed by atoms with Crippen molar-refractivity contribution < 1.29 is 40.0 Å². The average molecular weight is 160 g/mol. The molecule has 5 nitrogen and oxygen atoms in total. The molecule has 0 atom stereocenters. The fourth-order valence-corrected chi connectivity index (χ4v) is 0. The van der Waals surface area contributed by atoms with Gasteiger partial charge in [0.15, 0.2) is 0 Å². The Balaban J connectivity index is -0.0000000150. The molecule has 7 heteroatoms. The molecule has 0 amide bonds. The summed E-state index contributed by atoms with van der Waals surface area (Å²) in [6.07, 6.45) is 0. The molecule has 0 aromatic rings. The van der Waals surface area contributed by atoms with Gasteiger partial charge in [-0.3, -0.25) is 0 Å². The van der Waals surface area contributed by atoms with Gasteiger partial charge in [-0.2, -0.15) is 0 Å². The zero-order chi connectivity index (χ0) is 3.58. The van der Waals surface area contributed by atoms with Crippen molar-refractivity contribution in [2.75, 3.05) is 0 Å². The Kier molecular flexibility index (Phi) is 59.4. The SMILES string of the molecule is [NH4+].[O-]B([O-])O.[OH-].[Zn+2]. The van der Waals surface area contributed by atoms with E-state index in [1.165, 1.54) is 0 Å². The molecular weight excluding hydrogens is 154 g/mol. The summed E-state index contributed by atoms with van der Waals surface area (Å²) in [5.74, 6) is 0. The van der Waals surface area contributed by atoms with E-state index in [4.69, 9.17) is 15.1 Å². The predicted octanol–water partition coefficient (Wildman–Crippen LogP) is -3.12. The maximum Gasteiger partial charge on any atom is 2.00 e. The monoisotopic (exact) mass is 159 g/mol. The molecular formula is H6BNO4Zn. The zero-order valence-electron chi connectivity index (χ0n) is 4.00. The number of quaternary nitrogens is 1. The van der Waals surface area contributed by atoms with Gasteiger partial charge in [0.2, 0.25) is 0 Å². The van der Waals surface area contributed by atoms with E-state index >= 15 is 0 Å². The minimum absolute atomic E-state index is 0. The molecule has 0 saturated carbocycles. The van der Waals surface area contributed by atoms with Crippen molar-refractivity contribution >= 4 is 7.32 Å². The maximum absolute atomic E-state index is 8.53. The average Bonchev–Trinajstić information content (AvgIpc) is 0.811. The van der Waals surface area contributed by atoms with Crippen LogP contribution in [0.5, 0.6) is 0 Å². The van der Waals surface area contributed by atoms with Gasteiger partial charge in [-0.25, -0.2) is 0 Å². The third kappa shape index (κ3) is 548. The van der Waals surface area contributed by atoms with Crippen LogP contribution in [0.2, 0.25) is 0 Å². The molecule has 0 unspecified atom stereocenters. The molecule has 0 aliphatic carbocycles. The third-order valence-electron chi connectivity index (χ3n) is 0. The summed E-state index contributed by atoms with van der Waals surface area (Å²) in [5.41, 5.74) is 0. The molecule has 0 rings (SSSR count). The van der Waals surface area contributed by atoms with Gasteiger partial charge in [0.1, 0.15) is 0 Å². The molecule has 0 heterocycles. The molecule has 6 N–H and O–H groups in total. The number of rotatable bonds is 0. The van der Waals surface area contributed by atoms with Crippen molar-refractivity contribution in [3.05, 3.63) is 0 Å². The second-order valence-corrected chi connectivity index (χ2v) is 0.307. The minimum atomic E-state index is -2.67. The van der Waals surface area contributed by atoms with Crippen LogP contribution in [0.25, 0.3) is 0 Å². The van der Waals surface area contributed by atoms with Crippen LogP contribution in [-0.2, 0) is 19.5 Å². The van der Waals surface area contributed by atoms with Crippen molar-refractivity contribution in [2.24, 2.45) is 0 Å². The molecule has 0 aliphatic rings. The van der Waals surface area contributed by atoms with Crippen LogP contribution >= 0.6 is 0 Å². The Morgan fingerprint density at radius 2 is 1.29 bits per heavy atom. The van der Waals surface area contributed by atoms with Crippen molar-refractivity contribution in [1.29, 1.82) is 0 Å². The first kappa shape index (κ1) is 25.9. The molecule has 0 radical (unpaired) electrons. The van der Waals surface area contributed by atoms with Crippen LogP contribution in [-0.4, -0.2) is 17.8 Å². The van der Waals surface area contributed by atoms with Crippen molar-refractivity contribution in [3.63, 3.8) is 0 Å². The topological polar surface area (TPSA) is 133 Å². The minimum Gasteiger partial charge on any atom is -0.871 e. The summed E-state index contributed by atoms with van der Waals surface area (Å²) in [4.78, 5) is 0. The van der Waals surface area contributed by atoms with E-state index in [-0.39, 0.29) is 31.1 Å². The molecule has 0 aromatic heterocycles. The summed E-state index contributed by atoms with van der Waals surface area (Å²) in [6, 6.07) is 0. The Hall–Kier alpha value is 0.488. The second kappa shape index (κ2) is 16.1. The van der Waals surface area contributed by atoms with Crippen molar-refractivity contribution in [1.82, 2.24) is 6.15 Å². The first-order chi connectivity index (χ1) is 1.73. The molecule has 0 saturated heterocycles. The summed E-state index contributed by atoms with van der Waals surface area (Å²) >= 11 is 0. The molecule has 0 bridgehead atoms. The van der Waals surface area contributed by atoms with Gasteiger partial charge < -0.3 is 26.7 Å². The predicted molar refractivity (Wildman–Crippen MR) is 15.9 cm³/mol. The van der Waals surface area contributed by atoms with Gasteiger partial charge in [-0.05, 0) is 0 Å². The van der Waals surface area contributed by atoms with Gasteiger partial charge in [0.05, 0.1) is 7.32 Å². The zero-order valence-corrected chi connectivity index (χ0v) is 6.96. The summed E-state index contributed by atoms with van der Waals surface area (Å²) in [6.45, 7) is 0. The van der Waals surface area contributed by atoms with E-state index in [9.17, 15) is 0 Å². The van der Waals surface area contributed by atoms with E-state index in [0.29, 0.717) is 0 Å². The molecule has 0 fully saturated rings. The van der Waals surface area contributed by atoms with E-state index in [1.807, 2.05) is 0 Å².